The van der Waals surface area contributed by atoms with E-state index in [4.69, 9.17) is 0 Å². The van der Waals surface area contributed by atoms with Crippen LogP contribution in [0, 0.1) is 0 Å². The van der Waals surface area contributed by atoms with E-state index < -0.39 is 14.9 Å². The van der Waals surface area contributed by atoms with Gasteiger partial charge in [-0.15, -0.1) is 11.3 Å². The predicted octanol–water partition coefficient (Wildman–Crippen LogP) is 4.26. The molecular weight excluding hydrogens is 350 g/mol. The van der Waals surface area contributed by atoms with Crippen LogP contribution in [0.1, 0.15) is 13.3 Å². The quantitative estimate of drug-likeness (QED) is 0.598. The van der Waals surface area contributed by atoms with Crippen molar-refractivity contribution in [2.75, 3.05) is 13.4 Å². The Morgan fingerprint density at radius 3 is 2.61 bits per heavy atom. The lowest BCUT2D eigenvalue weighted by molar-refractivity contribution is 0.377. The number of hydrogen-bond donors (Lipinski definition) is 0. The molecule has 0 saturated heterocycles. The first-order valence-electron chi connectivity index (χ1n) is 6.96. The minimum Gasteiger partial charge on any atom is -0.273 e. The third-order valence-electron chi connectivity index (χ3n) is 3.46. The third-order valence-corrected chi connectivity index (χ3v) is 7.36. The summed E-state index contributed by atoms with van der Waals surface area (Å²) in [6.45, 7) is 1.64. The van der Waals surface area contributed by atoms with Crippen molar-refractivity contribution in [3.8, 4) is 0 Å². The van der Waals surface area contributed by atoms with E-state index in [1.165, 1.54) is 11.8 Å². The Balaban J connectivity index is 0.000000167. The van der Waals surface area contributed by atoms with Gasteiger partial charge >= 0.3 is 0 Å². The van der Waals surface area contributed by atoms with Crippen LogP contribution in [0.2, 0.25) is 0 Å². The van der Waals surface area contributed by atoms with E-state index >= 15 is 0 Å². The average Bonchev–Trinajstić information content (AvgIpc) is 2.99. The van der Waals surface area contributed by atoms with Crippen LogP contribution >= 0.6 is 23.1 Å². The van der Waals surface area contributed by atoms with Crippen LogP contribution in [-0.4, -0.2) is 31.5 Å². The van der Waals surface area contributed by atoms with Crippen molar-refractivity contribution in [3.63, 3.8) is 0 Å². The predicted molar refractivity (Wildman–Crippen MR) is 98.6 cm³/mol. The van der Waals surface area contributed by atoms with Crippen molar-refractivity contribution in [2.24, 2.45) is 0 Å². The normalized spacial score (nSPS) is 20.3. The molecule has 23 heavy (non-hydrogen) atoms. The molecule has 0 fully saturated rings. The van der Waals surface area contributed by atoms with Crippen molar-refractivity contribution >= 4 is 43.4 Å². The fourth-order valence-corrected chi connectivity index (χ4v) is 4.44. The molecule has 0 bridgehead atoms. The molecule has 1 aromatic carbocycles. The van der Waals surface area contributed by atoms with Crippen LogP contribution in [0.15, 0.2) is 52.9 Å². The van der Waals surface area contributed by atoms with Crippen molar-refractivity contribution < 1.29 is 12.6 Å². The lowest BCUT2D eigenvalue weighted by Gasteiger charge is -2.24. The van der Waals surface area contributed by atoms with E-state index in [1.807, 2.05) is 30.4 Å². The summed E-state index contributed by atoms with van der Waals surface area (Å²) in [6.07, 6.45) is 9.53. The number of hydrogen-bond acceptors (Lipinski definition) is 6. The highest BCUT2D eigenvalue weighted by Gasteiger charge is 2.36. The Hall–Kier alpha value is -1.15. The number of allylic oxidation sites excluding steroid dienone is 3. The summed E-state index contributed by atoms with van der Waals surface area (Å²) in [4.78, 5) is 4.41. The first-order chi connectivity index (χ1) is 10.9. The highest BCUT2D eigenvalue weighted by atomic mass is 32.2. The standard InChI is InChI=1S/C8H7NS2.C8H12O3S/c1-10-8-9-6-4-2-3-5-7(6)11-8;1-8(12(9,10)11-2)6-4-3-5-7-8/h2-5H,1H3;3-6H,7H2,1-2H3. The van der Waals surface area contributed by atoms with Gasteiger partial charge in [-0.2, -0.15) is 8.42 Å². The second kappa shape index (κ2) is 7.61. The van der Waals surface area contributed by atoms with Crippen LogP contribution < -0.4 is 0 Å². The van der Waals surface area contributed by atoms with Gasteiger partial charge in [0.2, 0.25) is 0 Å². The molecule has 7 heteroatoms. The van der Waals surface area contributed by atoms with E-state index in [0.29, 0.717) is 6.42 Å². The molecule has 3 rings (SSSR count). The SMILES string of the molecule is COS(=O)(=O)C1(C)C=CC=CC1.CSc1nc2ccccc2s1. The molecule has 0 amide bonds. The first kappa shape index (κ1) is 18.2. The first-order valence-corrected chi connectivity index (χ1v) is 10.4. The Morgan fingerprint density at radius 1 is 1.30 bits per heavy atom. The molecule has 1 aliphatic rings. The maximum absolute atomic E-state index is 11.4. The van der Waals surface area contributed by atoms with E-state index in [1.54, 1.807) is 42.2 Å². The van der Waals surface area contributed by atoms with Gasteiger partial charge in [-0.05, 0) is 31.7 Å². The smallest absolute Gasteiger partial charge is 0.273 e. The number of benzene rings is 1. The number of thiazole rings is 1. The highest BCUT2D eigenvalue weighted by molar-refractivity contribution is 8.00. The number of aromatic nitrogens is 1. The van der Waals surface area contributed by atoms with Gasteiger partial charge in [-0.1, -0.05) is 48.2 Å². The summed E-state index contributed by atoms with van der Waals surface area (Å²) in [7, 11) is -2.27. The molecule has 4 nitrogen and oxygen atoms in total. The lowest BCUT2D eigenvalue weighted by atomic mass is 10.0. The molecule has 1 aromatic heterocycles. The van der Waals surface area contributed by atoms with Gasteiger partial charge in [0.1, 0.15) is 4.75 Å². The van der Waals surface area contributed by atoms with Gasteiger partial charge in [-0.25, -0.2) is 4.98 Å². The fourth-order valence-electron chi connectivity index (χ4n) is 2.02. The molecule has 0 spiro atoms. The number of nitrogens with zero attached hydrogens (tertiary/aromatic N) is 1. The van der Waals surface area contributed by atoms with Gasteiger partial charge < -0.3 is 0 Å². The molecule has 1 unspecified atom stereocenters. The maximum Gasteiger partial charge on any atom is 0.276 e. The lowest BCUT2D eigenvalue weighted by Crippen LogP contribution is -2.34. The Kier molecular flexibility index (Phi) is 6.02. The molecule has 1 atom stereocenters. The van der Waals surface area contributed by atoms with Gasteiger partial charge in [0.15, 0.2) is 4.34 Å². The highest BCUT2D eigenvalue weighted by Crippen LogP contribution is 2.28. The molecule has 0 aliphatic heterocycles. The van der Waals surface area contributed by atoms with Crippen LogP contribution in [0.4, 0.5) is 0 Å². The molecule has 124 valence electrons. The molecule has 0 saturated carbocycles. The largest absolute Gasteiger partial charge is 0.276 e. The van der Waals surface area contributed by atoms with Gasteiger partial charge in [0, 0.05) is 0 Å². The van der Waals surface area contributed by atoms with E-state index in [9.17, 15) is 8.42 Å². The number of thioether (sulfide) groups is 1. The van der Waals surface area contributed by atoms with Crippen molar-refractivity contribution in [1.82, 2.24) is 4.98 Å². The van der Waals surface area contributed by atoms with E-state index in [-0.39, 0.29) is 0 Å². The summed E-state index contributed by atoms with van der Waals surface area (Å²) < 4.78 is 28.7. The summed E-state index contributed by atoms with van der Waals surface area (Å²) in [5.74, 6) is 0. The fraction of sp³-hybridized carbons (Fsp3) is 0.312. The number of fused-ring (bicyclic) bond motifs is 1. The topological polar surface area (TPSA) is 56.3 Å². The van der Waals surface area contributed by atoms with Crippen molar-refractivity contribution in [3.05, 3.63) is 48.6 Å². The second-order valence-electron chi connectivity index (χ2n) is 5.08. The minimum absolute atomic E-state index is 0.472. The molecule has 0 N–H and O–H groups in total. The minimum atomic E-state index is -3.46. The van der Waals surface area contributed by atoms with Crippen molar-refractivity contribution in [2.45, 2.75) is 22.4 Å². The van der Waals surface area contributed by atoms with Crippen LogP contribution in [0.25, 0.3) is 10.2 Å². The zero-order valence-electron chi connectivity index (χ0n) is 13.2. The van der Waals surface area contributed by atoms with E-state index in [2.05, 4.69) is 21.5 Å². The van der Waals surface area contributed by atoms with Crippen LogP contribution in [0.5, 0.6) is 0 Å². The molecule has 1 aliphatic carbocycles. The van der Waals surface area contributed by atoms with E-state index in [0.717, 1.165) is 9.86 Å². The Labute approximate surface area is 145 Å². The zero-order valence-corrected chi connectivity index (χ0v) is 15.7. The third kappa shape index (κ3) is 4.23. The maximum atomic E-state index is 11.4. The Morgan fingerprint density at radius 2 is 2.04 bits per heavy atom. The second-order valence-corrected chi connectivity index (χ2v) is 9.33. The summed E-state index contributed by atoms with van der Waals surface area (Å²) in [5.41, 5.74) is 1.11. The molecule has 2 aromatic rings. The molecular formula is C16H19NO3S3. The monoisotopic (exact) mass is 369 g/mol. The van der Waals surface area contributed by atoms with Crippen LogP contribution in [0.3, 0.4) is 0 Å². The number of rotatable bonds is 3. The Bertz CT molecular complexity index is 791. The number of para-hydroxylation sites is 1. The molecule has 1 heterocycles. The molecule has 0 radical (unpaired) electrons. The summed E-state index contributed by atoms with van der Waals surface area (Å²) in [5, 5.41) is 0. The van der Waals surface area contributed by atoms with Gasteiger partial charge in [0.05, 0.1) is 17.3 Å². The van der Waals surface area contributed by atoms with Crippen LogP contribution in [-0.2, 0) is 14.3 Å². The average molecular weight is 370 g/mol. The van der Waals surface area contributed by atoms with Gasteiger partial charge in [-0.3, -0.25) is 4.18 Å². The summed E-state index contributed by atoms with van der Waals surface area (Å²) in [6, 6.07) is 8.22. The van der Waals surface area contributed by atoms with Crippen molar-refractivity contribution in [1.29, 1.82) is 0 Å². The zero-order chi connectivity index (χ0) is 16.9. The van der Waals surface area contributed by atoms with Gasteiger partial charge in [0.25, 0.3) is 10.1 Å². The summed E-state index contributed by atoms with van der Waals surface area (Å²) >= 11 is 3.45.